The second-order valence-electron chi connectivity index (χ2n) is 5.05. The highest BCUT2D eigenvalue weighted by Crippen LogP contribution is 2.25. The van der Waals surface area contributed by atoms with Crippen molar-refractivity contribution >= 4 is 11.5 Å². The number of anilines is 1. The summed E-state index contributed by atoms with van der Waals surface area (Å²) < 4.78 is 1.79. The van der Waals surface area contributed by atoms with Gasteiger partial charge in [0.15, 0.2) is 5.65 Å². The van der Waals surface area contributed by atoms with E-state index in [1.807, 2.05) is 18.3 Å². The van der Waals surface area contributed by atoms with Gasteiger partial charge < -0.3 is 5.32 Å². The van der Waals surface area contributed by atoms with Crippen molar-refractivity contribution in [2.75, 3.05) is 5.32 Å². The van der Waals surface area contributed by atoms with Gasteiger partial charge in [-0.25, -0.2) is 9.50 Å². The first kappa shape index (κ1) is 10.6. The molecule has 0 radical (unpaired) electrons. The third-order valence-electron chi connectivity index (χ3n) is 3.63. The van der Waals surface area contributed by atoms with Crippen molar-refractivity contribution in [2.24, 2.45) is 5.92 Å². The highest BCUT2D eigenvalue weighted by Gasteiger charge is 2.18. The van der Waals surface area contributed by atoms with Gasteiger partial charge in [-0.05, 0) is 37.7 Å². The standard InChI is InChI=1S/C13H18N4/c1-10-2-4-11(5-3-10)15-12-7-9-17-13(16-12)6-8-14-17/h6-11H,2-5H2,1H3,(H,15,16). The Morgan fingerprint density at radius 2 is 2.06 bits per heavy atom. The van der Waals surface area contributed by atoms with Gasteiger partial charge in [-0.2, -0.15) is 5.10 Å². The Morgan fingerprint density at radius 1 is 1.24 bits per heavy atom. The van der Waals surface area contributed by atoms with E-state index in [0.29, 0.717) is 6.04 Å². The number of nitrogens with one attached hydrogen (secondary N) is 1. The molecule has 1 aliphatic carbocycles. The molecule has 4 heteroatoms. The Bertz CT molecular complexity index is 497. The van der Waals surface area contributed by atoms with Crippen LogP contribution in [0.2, 0.25) is 0 Å². The van der Waals surface area contributed by atoms with Crippen LogP contribution in [0.25, 0.3) is 5.65 Å². The number of rotatable bonds is 2. The van der Waals surface area contributed by atoms with E-state index in [0.717, 1.165) is 17.4 Å². The fourth-order valence-electron chi connectivity index (χ4n) is 2.51. The van der Waals surface area contributed by atoms with Crippen LogP contribution in [0.1, 0.15) is 32.6 Å². The second-order valence-corrected chi connectivity index (χ2v) is 5.05. The molecule has 2 aromatic heterocycles. The molecule has 0 saturated heterocycles. The zero-order chi connectivity index (χ0) is 11.7. The maximum Gasteiger partial charge on any atom is 0.157 e. The Kier molecular flexibility index (Phi) is 2.71. The molecule has 1 fully saturated rings. The van der Waals surface area contributed by atoms with Gasteiger partial charge in [-0.1, -0.05) is 6.92 Å². The van der Waals surface area contributed by atoms with E-state index in [2.05, 4.69) is 22.3 Å². The molecule has 1 saturated carbocycles. The van der Waals surface area contributed by atoms with Gasteiger partial charge in [0.2, 0.25) is 0 Å². The van der Waals surface area contributed by atoms with Crippen LogP contribution in [0.3, 0.4) is 0 Å². The molecule has 2 heterocycles. The van der Waals surface area contributed by atoms with Gasteiger partial charge >= 0.3 is 0 Å². The van der Waals surface area contributed by atoms with Crippen LogP contribution in [0.5, 0.6) is 0 Å². The first-order valence-electron chi connectivity index (χ1n) is 6.38. The molecule has 0 spiro atoms. The Morgan fingerprint density at radius 3 is 2.88 bits per heavy atom. The zero-order valence-corrected chi connectivity index (χ0v) is 10.1. The lowest BCUT2D eigenvalue weighted by Crippen LogP contribution is -2.25. The molecule has 0 unspecified atom stereocenters. The quantitative estimate of drug-likeness (QED) is 0.862. The van der Waals surface area contributed by atoms with E-state index in [-0.39, 0.29) is 0 Å². The van der Waals surface area contributed by atoms with E-state index >= 15 is 0 Å². The smallest absolute Gasteiger partial charge is 0.157 e. The molecule has 1 N–H and O–H groups in total. The minimum absolute atomic E-state index is 0.587. The molecule has 4 nitrogen and oxygen atoms in total. The first-order chi connectivity index (χ1) is 8.31. The summed E-state index contributed by atoms with van der Waals surface area (Å²) in [4.78, 5) is 4.54. The number of aromatic nitrogens is 3. The van der Waals surface area contributed by atoms with Crippen molar-refractivity contribution in [3.63, 3.8) is 0 Å². The summed E-state index contributed by atoms with van der Waals surface area (Å²) in [5.41, 5.74) is 0.902. The number of hydrogen-bond acceptors (Lipinski definition) is 3. The molecule has 0 aliphatic heterocycles. The molecule has 3 rings (SSSR count). The molecular formula is C13H18N4. The van der Waals surface area contributed by atoms with Crippen molar-refractivity contribution < 1.29 is 0 Å². The fraction of sp³-hybridized carbons (Fsp3) is 0.538. The number of nitrogens with zero attached hydrogens (tertiary/aromatic N) is 3. The minimum atomic E-state index is 0.587. The lowest BCUT2D eigenvalue weighted by Gasteiger charge is -2.27. The molecule has 0 atom stereocenters. The van der Waals surface area contributed by atoms with Crippen LogP contribution in [0, 0.1) is 5.92 Å². The largest absolute Gasteiger partial charge is 0.367 e. The summed E-state index contributed by atoms with van der Waals surface area (Å²) in [5.74, 6) is 1.86. The van der Waals surface area contributed by atoms with Crippen LogP contribution in [-0.2, 0) is 0 Å². The van der Waals surface area contributed by atoms with E-state index in [9.17, 15) is 0 Å². The highest BCUT2D eigenvalue weighted by atomic mass is 15.2. The van der Waals surface area contributed by atoms with Crippen molar-refractivity contribution in [1.82, 2.24) is 14.6 Å². The van der Waals surface area contributed by atoms with Gasteiger partial charge in [-0.3, -0.25) is 0 Å². The lowest BCUT2D eigenvalue weighted by molar-refractivity contribution is 0.361. The average molecular weight is 230 g/mol. The first-order valence-corrected chi connectivity index (χ1v) is 6.38. The van der Waals surface area contributed by atoms with Crippen LogP contribution < -0.4 is 5.32 Å². The number of hydrogen-bond donors (Lipinski definition) is 1. The predicted octanol–water partition coefficient (Wildman–Crippen LogP) is 2.72. The van der Waals surface area contributed by atoms with Crippen molar-refractivity contribution in [1.29, 1.82) is 0 Å². The van der Waals surface area contributed by atoms with E-state index < -0.39 is 0 Å². The molecule has 2 aromatic rings. The highest BCUT2D eigenvalue weighted by molar-refractivity contribution is 5.45. The Labute approximate surface area is 101 Å². The normalized spacial score (nSPS) is 25.0. The maximum atomic E-state index is 4.54. The van der Waals surface area contributed by atoms with Crippen LogP contribution >= 0.6 is 0 Å². The van der Waals surface area contributed by atoms with Crippen molar-refractivity contribution in [3.8, 4) is 0 Å². The lowest BCUT2D eigenvalue weighted by atomic mass is 9.87. The summed E-state index contributed by atoms with van der Waals surface area (Å²) in [6, 6.07) is 4.51. The molecule has 90 valence electrons. The molecule has 0 bridgehead atoms. The predicted molar refractivity (Wildman–Crippen MR) is 68.0 cm³/mol. The Balaban J connectivity index is 1.71. The molecule has 1 aliphatic rings. The summed E-state index contributed by atoms with van der Waals surface area (Å²) in [6.45, 7) is 2.34. The Hall–Kier alpha value is -1.58. The summed E-state index contributed by atoms with van der Waals surface area (Å²) in [5, 5.41) is 7.67. The SMILES string of the molecule is CC1CCC(Nc2ccn3nccc3n2)CC1. The molecule has 17 heavy (non-hydrogen) atoms. The van der Waals surface area contributed by atoms with Crippen LogP contribution in [0.15, 0.2) is 24.5 Å². The van der Waals surface area contributed by atoms with E-state index in [1.54, 1.807) is 10.7 Å². The van der Waals surface area contributed by atoms with Crippen LogP contribution in [-0.4, -0.2) is 20.6 Å². The average Bonchev–Trinajstić information content (AvgIpc) is 2.79. The molecular weight excluding hydrogens is 212 g/mol. The fourth-order valence-corrected chi connectivity index (χ4v) is 2.51. The van der Waals surface area contributed by atoms with Crippen molar-refractivity contribution in [2.45, 2.75) is 38.6 Å². The topological polar surface area (TPSA) is 42.2 Å². The van der Waals surface area contributed by atoms with Gasteiger partial charge in [0.05, 0.1) is 6.20 Å². The third kappa shape index (κ3) is 2.25. The van der Waals surface area contributed by atoms with Gasteiger partial charge in [0.25, 0.3) is 0 Å². The van der Waals surface area contributed by atoms with Gasteiger partial charge in [0, 0.05) is 18.3 Å². The number of fused-ring (bicyclic) bond motifs is 1. The van der Waals surface area contributed by atoms with Gasteiger partial charge in [-0.15, -0.1) is 0 Å². The second kappa shape index (κ2) is 4.35. The van der Waals surface area contributed by atoms with E-state index in [4.69, 9.17) is 0 Å². The maximum absolute atomic E-state index is 4.54. The summed E-state index contributed by atoms with van der Waals surface area (Å²) in [6.07, 6.45) is 8.89. The van der Waals surface area contributed by atoms with E-state index in [1.165, 1.54) is 25.7 Å². The summed E-state index contributed by atoms with van der Waals surface area (Å²) in [7, 11) is 0. The minimum Gasteiger partial charge on any atom is -0.367 e. The van der Waals surface area contributed by atoms with Crippen LogP contribution in [0.4, 0.5) is 5.82 Å². The third-order valence-corrected chi connectivity index (χ3v) is 3.63. The summed E-state index contributed by atoms with van der Waals surface area (Å²) >= 11 is 0. The monoisotopic (exact) mass is 230 g/mol. The molecule has 0 aromatic carbocycles. The molecule has 0 amide bonds. The van der Waals surface area contributed by atoms with Gasteiger partial charge in [0.1, 0.15) is 5.82 Å². The zero-order valence-electron chi connectivity index (χ0n) is 10.1. The van der Waals surface area contributed by atoms with Crippen molar-refractivity contribution in [3.05, 3.63) is 24.5 Å².